The van der Waals surface area contributed by atoms with Crippen LogP contribution in [0.25, 0.3) is 0 Å². The van der Waals surface area contributed by atoms with E-state index >= 15 is 0 Å². The van der Waals surface area contributed by atoms with Crippen LogP contribution in [0.2, 0.25) is 0 Å². The lowest BCUT2D eigenvalue weighted by molar-refractivity contribution is -0.870. The smallest absolute Gasteiger partial charge is 0.268 e. The molecular weight excluding hydrogens is 840 g/mol. The van der Waals surface area contributed by atoms with Crippen molar-refractivity contribution in [3.63, 3.8) is 0 Å². The van der Waals surface area contributed by atoms with Crippen LogP contribution in [0, 0.1) is 0 Å². The number of aliphatic hydroxyl groups excluding tert-OH is 1. The molecule has 0 aliphatic heterocycles. The first-order valence-electron chi connectivity index (χ1n) is 27.7. The van der Waals surface area contributed by atoms with Gasteiger partial charge >= 0.3 is 0 Å². The van der Waals surface area contributed by atoms with Gasteiger partial charge in [-0.1, -0.05) is 229 Å². The molecule has 66 heavy (non-hydrogen) atoms. The molecule has 2 N–H and O–H groups in total. The predicted octanol–water partition coefficient (Wildman–Crippen LogP) is 15.9. The number of hydrogen-bond donors (Lipinski definition) is 2. The highest BCUT2D eigenvalue weighted by Crippen LogP contribution is 2.38. The number of hydrogen-bond acceptors (Lipinski definition) is 6. The molecule has 0 aliphatic carbocycles. The molecule has 0 aromatic heterocycles. The number of phosphoric acid groups is 1. The number of amides is 1. The van der Waals surface area contributed by atoms with Gasteiger partial charge in [-0.05, 0) is 70.6 Å². The van der Waals surface area contributed by atoms with Crippen molar-refractivity contribution in [2.45, 2.75) is 257 Å². The van der Waals surface area contributed by atoms with Crippen molar-refractivity contribution in [2.24, 2.45) is 0 Å². The highest BCUT2D eigenvalue weighted by atomic mass is 31.2. The van der Waals surface area contributed by atoms with E-state index in [1.165, 1.54) is 167 Å². The topological polar surface area (TPSA) is 108 Å². The Morgan fingerprint density at radius 3 is 1.36 bits per heavy atom. The zero-order chi connectivity index (χ0) is 48.5. The lowest BCUT2D eigenvalue weighted by Crippen LogP contribution is -2.45. The Kier molecular flexibility index (Phi) is 46.9. The molecule has 0 aromatic rings. The molecule has 0 spiro atoms. The fourth-order valence-corrected chi connectivity index (χ4v) is 8.53. The number of quaternary nitrogens is 1. The SMILES string of the molecule is CCC/C=C/CC/C=C/CC/C=C/C(O)C(COP(=O)([O-])OCC[N+](C)(C)C)NC(=O)CCCCCCCCCCCCCCCCCCCCCCC/C=C\C/C=C\CCCCCCC. The average molecular weight is 947 g/mol. The lowest BCUT2D eigenvalue weighted by atomic mass is 10.0. The molecule has 0 fully saturated rings. The predicted molar refractivity (Wildman–Crippen MR) is 284 cm³/mol. The van der Waals surface area contributed by atoms with Gasteiger partial charge in [-0.25, -0.2) is 0 Å². The molecule has 3 atom stereocenters. The Hall–Kier alpha value is -1.80. The molecule has 1 amide bonds. The summed E-state index contributed by atoms with van der Waals surface area (Å²) in [6, 6.07) is -0.908. The molecule has 8 nitrogen and oxygen atoms in total. The Morgan fingerprint density at radius 1 is 0.530 bits per heavy atom. The van der Waals surface area contributed by atoms with Crippen molar-refractivity contribution >= 4 is 13.7 Å². The lowest BCUT2D eigenvalue weighted by Gasteiger charge is -2.29. The van der Waals surface area contributed by atoms with Gasteiger partial charge in [-0.2, -0.15) is 0 Å². The maximum absolute atomic E-state index is 12.9. The summed E-state index contributed by atoms with van der Waals surface area (Å²) in [6.07, 6.45) is 64.7. The minimum Gasteiger partial charge on any atom is -0.756 e. The van der Waals surface area contributed by atoms with Crippen molar-refractivity contribution < 1.29 is 32.9 Å². The number of likely N-dealkylation sites (N-methyl/N-ethyl adjacent to an activating group) is 1. The molecule has 0 aromatic carbocycles. The molecular formula is C57H107N2O6P. The molecule has 3 unspecified atom stereocenters. The zero-order valence-corrected chi connectivity index (χ0v) is 44.8. The minimum atomic E-state index is -4.60. The van der Waals surface area contributed by atoms with Crippen molar-refractivity contribution in [2.75, 3.05) is 40.9 Å². The Bertz CT molecular complexity index is 1260. The Balaban J connectivity index is 3.99. The van der Waals surface area contributed by atoms with E-state index in [0.29, 0.717) is 17.4 Å². The van der Waals surface area contributed by atoms with E-state index in [0.717, 1.165) is 57.8 Å². The largest absolute Gasteiger partial charge is 0.756 e. The maximum atomic E-state index is 12.9. The number of nitrogens with zero attached hydrogens (tertiary/aromatic N) is 1. The van der Waals surface area contributed by atoms with Crippen LogP contribution in [0.15, 0.2) is 60.8 Å². The summed E-state index contributed by atoms with van der Waals surface area (Å²) in [5.41, 5.74) is 0. The summed E-state index contributed by atoms with van der Waals surface area (Å²) in [5.74, 6) is -0.212. The van der Waals surface area contributed by atoms with Gasteiger partial charge in [0, 0.05) is 6.42 Å². The van der Waals surface area contributed by atoms with E-state index in [-0.39, 0.29) is 12.5 Å². The van der Waals surface area contributed by atoms with Gasteiger partial charge in [0.25, 0.3) is 7.82 Å². The number of nitrogens with one attached hydrogen (secondary N) is 1. The van der Waals surface area contributed by atoms with Crippen LogP contribution in [0.5, 0.6) is 0 Å². The molecule has 386 valence electrons. The van der Waals surface area contributed by atoms with Gasteiger partial charge in [0.05, 0.1) is 39.9 Å². The van der Waals surface area contributed by atoms with E-state index in [4.69, 9.17) is 9.05 Å². The van der Waals surface area contributed by atoms with E-state index in [1.54, 1.807) is 6.08 Å². The molecule has 0 saturated carbocycles. The summed E-state index contributed by atoms with van der Waals surface area (Å²) in [7, 11) is 1.23. The second-order valence-electron chi connectivity index (χ2n) is 19.9. The quantitative estimate of drug-likeness (QED) is 0.0272. The molecule has 9 heteroatoms. The van der Waals surface area contributed by atoms with E-state index < -0.39 is 26.6 Å². The molecule has 0 rings (SSSR count). The Labute approximate surface area is 409 Å². The summed E-state index contributed by atoms with van der Waals surface area (Å²) in [5, 5.41) is 13.8. The van der Waals surface area contributed by atoms with Crippen LogP contribution < -0.4 is 10.2 Å². The van der Waals surface area contributed by atoms with Gasteiger partial charge in [-0.15, -0.1) is 0 Å². The molecule has 0 heterocycles. The number of carbonyl (C=O) groups excluding carboxylic acids is 1. The number of phosphoric ester groups is 1. The second kappa shape index (κ2) is 48.2. The number of carbonyl (C=O) groups is 1. The third-order valence-electron chi connectivity index (χ3n) is 12.2. The van der Waals surface area contributed by atoms with Crippen LogP contribution in [-0.2, 0) is 18.4 Å². The standard InChI is InChI=1S/C57H107N2O6P/c1-6-8-10-12-14-16-18-19-20-21-22-23-24-25-26-27-28-29-30-31-32-33-34-35-36-37-38-39-41-43-45-47-49-51-57(61)58-55(54-65-66(62,63)64-53-52-59(3,4)5)56(60)50-48-46-44-42-40-17-15-13-11-9-7-2/h11,13,18-19,21-22,40,42,48,50,55-56,60H,6-10,12,14-17,20,23-39,41,43-47,49,51-54H2,1-5H3,(H-,58,61,62,63)/b13-11+,19-18-,22-21-,42-40+,50-48+. The van der Waals surface area contributed by atoms with Gasteiger partial charge in [-0.3, -0.25) is 9.36 Å². The third-order valence-corrected chi connectivity index (χ3v) is 13.1. The zero-order valence-electron chi connectivity index (χ0n) is 43.9. The van der Waals surface area contributed by atoms with Gasteiger partial charge in [0.2, 0.25) is 5.91 Å². The first-order valence-corrected chi connectivity index (χ1v) is 29.1. The normalized spacial score (nSPS) is 14.5. The number of rotatable bonds is 50. The van der Waals surface area contributed by atoms with Crippen molar-refractivity contribution in [3.05, 3.63) is 60.8 Å². The van der Waals surface area contributed by atoms with Crippen LogP contribution in [-0.4, -0.2) is 68.5 Å². The van der Waals surface area contributed by atoms with E-state index in [2.05, 4.69) is 67.8 Å². The number of unbranched alkanes of at least 4 members (excludes halogenated alkanes) is 29. The summed E-state index contributed by atoms with van der Waals surface area (Å²) in [4.78, 5) is 25.4. The van der Waals surface area contributed by atoms with Gasteiger partial charge in [0.15, 0.2) is 0 Å². The Morgan fingerprint density at radius 2 is 0.924 bits per heavy atom. The second-order valence-corrected chi connectivity index (χ2v) is 21.3. The van der Waals surface area contributed by atoms with Crippen molar-refractivity contribution in [3.8, 4) is 0 Å². The van der Waals surface area contributed by atoms with Crippen LogP contribution >= 0.6 is 7.82 Å². The minimum absolute atomic E-state index is 0.00965. The van der Waals surface area contributed by atoms with Crippen LogP contribution in [0.4, 0.5) is 0 Å². The van der Waals surface area contributed by atoms with Crippen molar-refractivity contribution in [1.82, 2.24) is 5.32 Å². The number of aliphatic hydroxyl groups is 1. The first-order chi connectivity index (χ1) is 32.0. The summed E-state index contributed by atoms with van der Waals surface area (Å²) in [6.45, 7) is 4.54. The fraction of sp³-hybridized carbons (Fsp3) is 0.807. The van der Waals surface area contributed by atoms with Crippen molar-refractivity contribution in [1.29, 1.82) is 0 Å². The highest BCUT2D eigenvalue weighted by Gasteiger charge is 2.23. The van der Waals surface area contributed by atoms with E-state index in [1.807, 2.05) is 27.2 Å². The van der Waals surface area contributed by atoms with Crippen LogP contribution in [0.1, 0.15) is 245 Å². The molecule has 0 radical (unpaired) electrons. The maximum Gasteiger partial charge on any atom is 0.268 e. The summed E-state index contributed by atoms with van der Waals surface area (Å²) >= 11 is 0. The fourth-order valence-electron chi connectivity index (χ4n) is 7.81. The monoisotopic (exact) mass is 947 g/mol. The number of allylic oxidation sites excluding steroid dienone is 9. The first kappa shape index (κ1) is 64.2. The summed E-state index contributed by atoms with van der Waals surface area (Å²) < 4.78 is 23.2. The molecule has 0 aliphatic rings. The third kappa shape index (κ3) is 50.1. The molecule has 0 bridgehead atoms. The van der Waals surface area contributed by atoms with Gasteiger partial charge in [0.1, 0.15) is 13.2 Å². The van der Waals surface area contributed by atoms with Gasteiger partial charge < -0.3 is 28.8 Å². The average Bonchev–Trinajstić information content (AvgIpc) is 3.28. The van der Waals surface area contributed by atoms with Crippen LogP contribution in [0.3, 0.4) is 0 Å². The highest BCUT2D eigenvalue weighted by molar-refractivity contribution is 7.45. The van der Waals surface area contributed by atoms with E-state index in [9.17, 15) is 19.4 Å². The molecule has 0 saturated heterocycles.